The van der Waals surface area contributed by atoms with Gasteiger partial charge in [-0.25, -0.2) is 9.79 Å². The molecule has 1 aromatic carbocycles. The third kappa shape index (κ3) is 3.39. The van der Waals surface area contributed by atoms with Crippen LogP contribution < -0.4 is 5.32 Å². The monoisotopic (exact) mass is 305 g/mol. The molecule has 0 aliphatic heterocycles. The lowest BCUT2D eigenvalue weighted by Crippen LogP contribution is -2.30. The minimum atomic E-state index is -0.397. The summed E-state index contributed by atoms with van der Waals surface area (Å²) in [5.74, 6) is 0.823. The van der Waals surface area contributed by atoms with Crippen molar-refractivity contribution in [2.24, 2.45) is 12.0 Å². The van der Waals surface area contributed by atoms with Crippen molar-refractivity contribution in [2.45, 2.75) is 24.1 Å². The number of amides is 1. The molecule has 0 bridgehead atoms. The van der Waals surface area contributed by atoms with E-state index in [1.165, 1.54) is 0 Å². The van der Waals surface area contributed by atoms with Gasteiger partial charge >= 0.3 is 6.09 Å². The minimum absolute atomic E-state index is 0.0880. The Bertz CT molecular complexity index is 666. The van der Waals surface area contributed by atoms with Crippen LogP contribution in [-0.4, -0.2) is 29.4 Å². The molecule has 1 amide bonds. The van der Waals surface area contributed by atoms with Crippen LogP contribution in [0.15, 0.2) is 34.2 Å². The van der Waals surface area contributed by atoms with Gasteiger partial charge in [-0.05, 0) is 38.8 Å². The largest absolute Gasteiger partial charge is 0.450 e. The van der Waals surface area contributed by atoms with E-state index in [1.54, 1.807) is 18.7 Å². The zero-order chi connectivity index (χ0) is 15.4. The fourth-order valence-corrected chi connectivity index (χ4v) is 3.12. The Hall–Kier alpha value is -1.95. The van der Waals surface area contributed by atoms with Crippen LogP contribution in [0.4, 0.5) is 10.6 Å². The van der Waals surface area contributed by atoms with Crippen molar-refractivity contribution < 1.29 is 9.53 Å². The van der Waals surface area contributed by atoms with E-state index in [1.807, 2.05) is 42.8 Å². The van der Waals surface area contributed by atoms with Crippen molar-refractivity contribution >= 4 is 41.3 Å². The van der Waals surface area contributed by atoms with Gasteiger partial charge in [0, 0.05) is 17.3 Å². The van der Waals surface area contributed by atoms with E-state index in [9.17, 15) is 4.79 Å². The maximum absolute atomic E-state index is 11.4. The Morgan fingerprint density at radius 1 is 1.57 bits per heavy atom. The number of hydrogen-bond donors (Lipinski definition) is 1. The van der Waals surface area contributed by atoms with E-state index >= 15 is 0 Å². The number of nitrogens with one attached hydrogen (secondary N) is 1. The topological polar surface area (TPSA) is 55.6 Å². The first-order valence-corrected chi connectivity index (χ1v) is 7.60. The van der Waals surface area contributed by atoms with Gasteiger partial charge in [-0.2, -0.15) is 0 Å². The van der Waals surface area contributed by atoms with Gasteiger partial charge in [0.05, 0.1) is 17.5 Å². The van der Waals surface area contributed by atoms with Crippen LogP contribution in [0, 0.1) is 0 Å². The number of rotatable bonds is 5. The summed E-state index contributed by atoms with van der Waals surface area (Å²) in [5.41, 5.74) is 1.09. The van der Waals surface area contributed by atoms with Crippen LogP contribution >= 0.6 is 11.8 Å². The van der Waals surface area contributed by atoms with Gasteiger partial charge in [-0.3, -0.25) is 0 Å². The fraction of sp³-hybridized carbons (Fsp3) is 0.333. The van der Waals surface area contributed by atoms with Crippen molar-refractivity contribution in [2.75, 3.05) is 6.61 Å². The summed E-state index contributed by atoms with van der Waals surface area (Å²) in [6.45, 7) is 7.66. The highest BCUT2D eigenvalue weighted by molar-refractivity contribution is 8.00. The smallest absolute Gasteiger partial charge is 0.407 e. The summed E-state index contributed by atoms with van der Waals surface area (Å²) in [7, 11) is 1.96. The molecule has 1 unspecified atom stereocenters. The number of fused-ring (bicyclic) bond motifs is 1. The molecular formula is C15H19N3O2S. The molecule has 0 fully saturated rings. The Labute approximate surface area is 128 Å². The first-order valence-electron chi connectivity index (χ1n) is 6.72. The molecule has 0 radical (unpaired) electrons. The van der Waals surface area contributed by atoms with Crippen LogP contribution in [0.2, 0.25) is 0 Å². The van der Waals surface area contributed by atoms with E-state index in [0.717, 1.165) is 21.6 Å². The maximum atomic E-state index is 11.4. The Morgan fingerprint density at radius 3 is 3.00 bits per heavy atom. The molecule has 2 rings (SSSR count). The van der Waals surface area contributed by atoms with Gasteiger partial charge in [0.15, 0.2) is 0 Å². The number of carbonyl (C=O) groups excluding carboxylic acids is 1. The van der Waals surface area contributed by atoms with E-state index in [2.05, 4.69) is 17.0 Å². The molecule has 0 aliphatic carbocycles. The van der Waals surface area contributed by atoms with Crippen LogP contribution in [-0.2, 0) is 11.8 Å². The second-order valence-corrected chi connectivity index (χ2v) is 5.92. The lowest BCUT2D eigenvalue weighted by atomic mass is 10.2. The van der Waals surface area contributed by atoms with Gasteiger partial charge in [-0.1, -0.05) is 6.07 Å². The molecule has 2 aromatic rings. The van der Waals surface area contributed by atoms with Gasteiger partial charge in [0.25, 0.3) is 0 Å². The third-order valence-corrected chi connectivity index (χ3v) is 4.17. The lowest BCUT2D eigenvalue weighted by Gasteiger charge is -2.13. The molecule has 6 heteroatoms. The number of aryl methyl sites for hydroxylation is 1. The van der Waals surface area contributed by atoms with Crippen LogP contribution in [0.25, 0.3) is 10.9 Å². The third-order valence-electron chi connectivity index (χ3n) is 3.08. The van der Waals surface area contributed by atoms with Crippen LogP contribution in [0.1, 0.15) is 13.8 Å². The van der Waals surface area contributed by atoms with E-state index in [-0.39, 0.29) is 5.37 Å². The molecule has 1 heterocycles. The maximum Gasteiger partial charge on any atom is 0.407 e. The number of nitrogens with zero attached hydrogens (tertiary/aromatic N) is 2. The summed E-state index contributed by atoms with van der Waals surface area (Å²) >= 11 is 1.57. The van der Waals surface area contributed by atoms with Gasteiger partial charge in [0.2, 0.25) is 0 Å². The molecule has 21 heavy (non-hydrogen) atoms. The predicted octanol–water partition coefficient (Wildman–Crippen LogP) is 3.69. The first-order chi connectivity index (χ1) is 10.1. The predicted molar refractivity (Wildman–Crippen MR) is 87.6 cm³/mol. The van der Waals surface area contributed by atoms with Gasteiger partial charge < -0.3 is 14.6 Å². The average Bonchev–Trinajstić information content (AvgIpc) is 2.77. The quantitative estimate of drug-likeness (QED) is 0.520. The molecule has 112 valence electrons. The zero-order valence-electron chi connectivity index (χ0n) is 12.4. The van der Waals surface area contributed by atoms with Gasteiger partial charge in [-0.15, -0.1) is 11.8 Å². The second kappa shape index (κ2) is 6.67. The molecule has 5 nitrogen and oxygen atoms in total. The summed E-state index contributed by atoms with van der Waals surface area (Å²) in [5, 5.41) is 3.80. The number of hydrogen-bond acceptors (Lipinski definition) is 4. The lowest BCUT2D eigenvalue weighted by molar-refractivity contribution is 0.152. The number of carbonyl (C=O) groups is 1. The van der Waals surface area contributed by atoms with Crippen molar-refractivity contribution in [3.05, 3.63) is 24.3 Å². The number of aliphatic imine (C=N–C) groups is 1. The Balaban J connectivity index is 2.22. The molecule has 0 aliphatic rings. The molecule has 0 spiro atoms. The average molecular weight is 305 g/mol. The summed E-state index contributed by atoms with van der Waals surface area (Å²) < 4.78 is 6.88. The first kappa shape index (κ1) is 15.4. The highest BCUT2D eigenvalue weighted by atomic mass is 32.2. The summed E-state index contributed by atoms with van der Waals surface area (Å²) in [6, 6.07) is 8.07. The van der Waals surface area contributed by atoms with E-state index in [0.29, 0.717) is 6.61 Å². The molecular weight excluding hydrogens is 286 g/mol. The molecule has 0 saturated carbocycles. The fourth-order valence-electron chi connectivity index (χ4n) is 2.13. The number of aromatic nitrogens is 1. The summed E-state index contributed by atoms with van der Waals surface area (Å²) in [6.07, 6.45) is -0.397. The molecule has 1 atom stereocenters. The van der Waals surface area contributed by atoms with E-state index in [4.69, 9.17) is 4.74 Å². The van der Waals surface area contributed by atoms with Crippen LogP contribution in [0.3, 0.4) is 0 Å². The highest BCUT2D eigenvalue weighted by Gasteiger charge is 2.13. The highest BCUT2D eigenvalue weighted by Crippen LogP contribution is 2.34. The van der Waals surface area contributed by atoms with Gasteiger partial charge in [0.1, 0.15) is 5.82 Å². The van der Waals surface area contributed by atoms with Crippen molar-refractivity contribution in [3.63, 3.8) is 0 Å². The van der Waals surface area contributed by atoms with E-state index < -0.39 is 6.09 Å². The second-order valence-electron chi connectivity index (χ2n) is 4.53. The number of benzene rings is 1. The zero-order valence-corrected chi connectivity index (χ0v) is 13.2. The Morgan fingerprint density at radius 2 is 2.33 bits per heavy atom. The number of thioether (sulfide) groups is 1. The minimum Gasteiger partial charge on any atom is -0.450 e. The SMILES string of the molecule is C=Nc1cc2c(SC(C)NC(=O)OCC)cccc2n1C. The van der Waals surface area contributed by atoms with Crippen molar-refractivity contribution in [3.8, 4) is 0 Å². The molecule has 1 aromatic heterocycles. The standard InChI is InChI=1S/C15H19N3O2S/c1-5-20-15(19)17-10(2)21-13-8-6-7-12-11(13)9-14(16-3)18(12)4/h6-10H,3,5H2,1-2,4H3,(H,17,19). The number of alkyl carbamates (subject to hydrolysis) is 1. The number of ether oxygens (including phenoxy) is 1. The van der Waals surface area contributed by atoms with Crippen LogP contribution in [0.5, 0.6) is 0 Å². The van der Waals surface area contributed by atoms with Crippen molar-refractivity contribution in [1.29, 1.82) is 0 Å². The van der Waals surface area contributed by atoms with Crippen molar-refractivity contribution in [1.82, 2.24) is 9.88 Å². The molecule has 1 N–H and O–H groups in total. The Kier molecular flexibility index (Phi) is 4.90. The summed E-state index contributed by atoms with van der Waals surface area (Å²) in [4.78, 5) is 16.5. The molecule has 0 saturated heterocycles. The normalized spacial score (nSPS) is 12.1.